The fraction of sp³-hybridized carbons (Fsp3) is 0.533. The molecule has 0 spiro atoms. The molecule has 1 aliphatic rings. The average Bonchev–Trinajstić information content (AvgIpc) is 2.74. The van der Waals surface area contributed by atoms with Crippen molar-refractivity contribution in [2.45, 2.75) is 32.6 Å². The number of thiocarbonyl (C=S) groups is 1. The summed E-state index contributed by atoms with van der Waals surface area (Å²) < 4.78 is 27.5. The van der Waals surface area contributed by atoms with Gasteiger partial charge in [0.1, 0.15) is 0 Å². The molecule has 5 nitrogen and oxygen atoms in total. The van der Waals surface area contributed by atoms with Crippen molar-refractivity contribution in [1.29, 1.82) is 0 Å². The van der Waals surface area contributed by atoms with Crippen molar-refractivity contribution >= 4 is 38.8 Å². The molecule has 1 heterocycles. The smallest absolute Gasteiger partial charge is 0.301 e. The number of benzene rings is 1. The van der Waals surface area contributed by atoms with Gasteiger partial charge in [0.05, 0.1) is 10.7 Å². The quantitative estimate of drug-likeness (QED) is 0.612. The Balaban J connectivity index is 2.16. The Morgan fingerprint density at radius 3 is 2.68 bits per heavy atom. The zero-order chi connectivity index (χ0) is 16.3. The van der Waals surface area contributed by atoms with E-state index in [4.69, 9.17) is 12.2 Å². The highest BCUT2D eigenvalue weighted by Gasteiger charge is 2.24. The summed E-state index contributed by atoms with van der Waals surface area (Å²) in [5.74, 6) is 0. The van der Waals surface area contributed by atoms with Crippen LogP contribution in [0.5, 0.6) is 0 Å². The lowest BCUT2D eigenvalue weighted by Crippen LogP contribution is -2.29. The standard InChI is InChI=1S/C15H23N3O2S2/c1-4-5-6-9-18-14-8-7-13(10-12(14)11-15(18)21)16-22(19,20)17(2)3/h7-8,10,16H,4-6,9,11H2,1-3H3. The summed E-state index contributed by atoms with van der Waals surface area (Å²) in [5.41, 5.74) is 2.76. The van der Waals surface area contributed by atoms with Gasteiger partial charge in [-0.3, -0.25) is 4.72 Å². The van der Waals surface area contributed by atoms with E-state index in [2.05, 4.69) is 16.5 Å². The summed E-state index contributed by atoms with van der Waals surface area (Å²) >= 11 is 5.47. The van der Waals surface area contributed by atoms with Crippen LogP contribution in [0.15, 0.2) is 18.2 Å². The third kappa shape index (κ3) is 3.77. The van der Waals surface area contributed by atoms with Gasteiger partial charge in [-0.15, -0.1) is 0 Å². The maximum absolute atomic E-state index is 11.9. The van der Waals surface area contributed by atoms with Gasteiger partial charge >= 0.3 is 10.2 Å². The first kappa shape index (κ1) is 17.2. The fourth-order valence-corrected chi connectivity index (χ4v) is 3.40. The lowest BCUT2D eigenvalue weighted by atomic mass is 10.1. The second-order valence-corrected chi connectivity index (χ2v) is 8.02. The Hall–Kier alpha value is -1.18. The summed E-state index contributed by atoms with van der Waals surface area (Å²) in [6.45, 7) is 3.11. The lowest BCUT2D eigenvalue weighted by Gasteiger charge is -2.20. The van der Waals surface area contributed by atoms with Gasteiger partial charge in [0, 0.05) is 32.7 Å². The molecule has 0 aliphatic carbocycles. The SMILES string of the molecule is CCCCCN1C(=S)Cc2cc(NS(=O)(=O)N(C)C)ccc21. The van der Waals surface area contributed by atoms with Crippen LogP contribution in [-0.4, -0.2) is 38.4 Å². The number of nitrogens with one attached hydrogen (secondary N) is 1. The van der Waals surface area contributed by atoms with Crippen molar-refractivity contribution in [2.24, 2.45) is 0 Å². The average molecular weight is 342 g/mol. The molecular formula is C15H23N3O2S2. The highest BCUT2D eigenvalue weighted by molar-refractivity contribution is 7.90. The van der Waals surface area contributed by atoms with Gasteiger partial charge in [-0.25, -0.2) is 0 Å². The predicted molar refractivity (Wildman–Crippen MR) is 95.8 cm³/mol. The van der Waals surface area contributed by atoms with Crippen molar-refractivity contribution in [3.8, 4) is 0 Å². The molecule has 1 aromatic carbocycles. The molecule has 0 amide bonds. The van der Waals surface area contributed by atoms with Gasteiger partial charge in [-0.2, -0.15) is 12.7 Å². The molecule has 7 heteroatoms. The molecule has 1 N–H and O–H groups in total. The Labute approximate surface area is 138 Å². The molecule has 0 saturated carbocycles. The van der Waals surface area contributed by atoms with Crippen LogP contribution < -0.4 is 9.62 Å². The maximum Gasteiger partial charge on any atom is 0.301 e. The second kappa shape index (κ2) is 6.93. The van der Waals surface area contributed by atoms with Gasteiger partial charge in [0.25, 0.3) is 0 Å². The summed E-state index contributed by atoms with van der Waals surface area (Å²) in [4.78, 5) is 3.09. The van der Waals surface area contributed by atoms with E-state index < -0.39 is 10.2 Å². The molecule has 1 aliphatic heterocycles. The van der Waals surface area contributed by atoms with Crippen LogP contribution in [0.3, 0.4) is 0 Å². The maximum atomic E-state index is 11.9. The fourth-order valence-electron chi connectivity index (χ4n) is 2.45. The molecular weight excluding hydrogens is 318 g/mol. The molecule has 0 fully saturated rings. The third-order valence-electron chi connectivity index (χ3n) is 3.73. The van der Waals surface area contributed by atoms with Gasteiger partial charge in [-0.1, -0.05) is 32.0 Å². The van der Waals surface area contributed by atoms with Crippen LogP contribution in [0, 0.1) is 0 Å². The minimum atomic E-state index is -3.48. The second-order valence-electron chi connectivity index (χ2n) is 5.66. The molecule has 0 bridgehead atoms. The number of fused-ring (bicyclic) bond motifs is 1. The summed E-state index contributed by atoms with van der Waals surface area (Å²) in [6.07, 6.45) is 4.19. The van der Waals surface area contributed by atoms with E-state index in [1.165, 1.54) is 26.9 Å². The lowest BCUT2D eigenvalue weighted by molar-refractivity contribution is 0.527. The zero-order valence-electron chi connectivity index (χ0n) is 13.3. The number of hydrogen-bond acceptors (Lipinski definition) is 3. The van der Waals surface area contributed by atoms with E-state index in [1.807, 2.05) is 12.1 Å². The van der Waals surface area contributed by atoms with E-state index >= 15 is 0 Å². The minimum absolute atomic E-state index is 0.575. The summed E-state index contributed by atoms with van der Waals surface area (Å²) in [7, 11) is -0.476. The van der Waals surface area contributed by atoms with Gasteiger partial charge in [0.15, 0.2) is 0 Å². The van der Waals surface area contributed by atoms with Crippen LogP contribution >= 0.6 is 12.2 Å². The number of nitrogens with zero attached hydrogens (tertiary/aromatic N) is 2. The van der Waals surface area contributed by atoms with Crippen LogP contribution in [0.1, 0.15) is 31.7 Å². The van der Waals surface area contributed by atoms with Crippen molar-refractivity contribution in [1.82, 2.24) is 4.31 Å². The number of anilines is 2. The van der Waals surface area contributed by atoms with E-state index in [1.54, 1.807) is 6.07 Å². The summed E-state index contributed by atoms with van der Waals surface area (Å²) in [5, 5.41) is 0. The topological polar surface area (TPSA) is 52.7 Å². The largest absolute Gasteiger partial charge is 0.335 e. The predicted octanol–water partition coefficient (Wildman–Crippen LogP) is 2.79. The molecule has 0 atom stereocenters. The molecule has 0 radical (unpaired) electrons. The Kier molecular flexibility index (Phi) is 5.41. The third-order valence-corrected chi connectivity index (χ3v) is 5.55. The number of unbranched alkanes of at least 4 members (excludes halogenated alkanes) is 2. The molecule has 22 heavy (non-hydrogen) atoms. The number of hydrogen-bond donors (Lipinski definition) is 1. The van der Waals surface area contributed by atoms with Crippen molar-refractivity contribution < 1.29 is 8.42 Å². The molecule has 122 valence electrons. The Morgan fingerprint density at radius 2 is 2.05 bits per heavy atom. The van der Waals surface area contributed by atoms with Crippen molar-refractivity contribution in [3.05, 3.63) is 23.8 Å². The van der Waals surface area contributed by atoms with Crippen LogP contribution in [0.4, 0.5) is 11.4 Å². The number of rotatable bonds is 7. The van der Waals surface area contributed by atoms with Crippen LogP contribution in [0.2, 0.25) is 0 Å². The van der Waals surface area contributed by atoms with Crippen LogP contribution in [0.25, 0.3) is 0 Å². The van der Waals surface area contributed by atoms with E-state index in [0.29, 0.717) is 12.1 Å². The minimum Gasteiger partial charge on any atom is -0.335 e. The Bertz CT molecular complexity index is 657. The first-order chi connectivity index (χ1) is 10.3. The molecule has 2 rings (SSSR count). The molecule has 0 aromatic heterocycles. The van der Waals surface area contributed by atoms with Gasteiger partial charge in [-0.05, 0) is 30.2 Å². The summed E-state index contributed by atoms with van der Waals surface area (Å²) in [6, 6.07) is 5.62. The van der Waals surface area contributed by atoms with E-state index in [-0.39, 0.29) is 0 Å². The van der Waals surface area contributed by atoms with E-state index in [9.17, 15) is 8.42 Å². The van der Waals surface area contributed by atoms with Gasteiger partial charge < -0.3 is 4.90 Å². The molecule has 1 aromatic rings. The van der Waals surface area contributed by atoms with Gasteiger partial charge in [0.2, 0.25) is 0 Å². The van der Waals surface area contributed by atoms with E-state index in [0.717, 1.165) is 33.5 Å². The van der Waals surface area contributed by atoms with Crippen LogP contribution in [-0.2, 0) is 16.6 Å². The monoisotopic (exact) mass is 341 g/mol. The Morgan fingerprint density at radius 1 is 1.32 bits per heavy atom. The molecule has 0 saturated heterocycles. The first-order valence-electron chi connectivity index (χ1n) is 7.48. The van der Waals surface area contributed by atoms with Crippen molar-refractivity contribution in [3.63, 3.8) is 0 Å². The molecule has 0 unspecified atom stereocenters. The zero-order valence-corrected chi connectivity index (χ0v) is 14.9. The van der Waals surface area contributed by atoms with Crippen molar-refractivity contribution in [2.75, 3.05) is 30.3 Å². The normalized spacial score (nSPS) is 14.5. The first-order valence-corrected chi connectivity index (χ1v) is 9.33. The highest BCUT2D eigenvalue weighted by Crippen LogP contribution is 2.32. The highest BCUT2D eigenvalue weighted by atomic mass is 32.2.